The van der Waals surface area contributed by atoms with Crippen molar-refractivity contribution in [1.29, 1.82) is 0 Å². The maximum atomic E-state index is 13.8. The summed E-state index contributed by atoms with van der Waals surface area (Å²) in [6, 6.07) is 18.6. The van der Waals surface area contributed by atoms with E-state index in [1.807, 2.05) is 50.2 Å². The van der Waals surface area contributed by atoms with Crippen LogP contribution < -0.4 is 16.0 Å². The summed E-state index contributed by atoms with van der Waals surface area (Å²) in [5.41, 5.74) is 2.40. The topological polar surface area (TPSA) is 93.8 Å². The van der Waals surface area contributed by atoms with Gasteiger partial charge in [0.05, 0.1) is 6.04 Å². The number of nitrogens with zero attached hydrogens (tertiary/aromatic N) is 2. The highest BCUT2D eigenvalue weighted by molar-refractivity contribution is 5.93. The summed E-state index contributed by atoms with van der Waals surface area (Å²) in [5.74, 6) is -0.710. The lowest BCUT2D eigenvalue weighted by Crippen LogP contribution is -2.64. The van der Waals surface area contributed by atoms with Crippen LogP contribution in [0.1, 0.15) is 38.3 Å². The van der Waals surface area contributed by atoms with Crippen LogP contribution in [0.5, 0.6) is 0 Å². The van der Waals surface area contributed by atoms with Gasteiger partial charge in [0.15, 0.2) is 0 Å². The first kappa shape index (κ1) is 29.3. The summed E-state index contributed by atoms with van der Waals surface area (Å²) in [6.07, 6.45) is 1.69. The van der Waals surface area contributed by atoms with Crippen molar-refractivity contribution in [3.63, 3.8) is 0 Å². The second-order valence-electron chi connectivity index (χ2n) is 10.4. The highest BCUT2D eigenvalue weighted by Crippen LogP contribution is 2.17. The molecule has 1 heterocycles. The number of hydrogen-bond acceptors (Lipinski definition) is 5. The van der Waals surface area contributed by atoms with E-state index in [4.69, 9.17) is 0 Å². The molecule has 0 unspecified atom stereocenters. The van der Waals surface area contributed by atoms with Crippen LogP contribution in [-0.2, 0) is 27.3 Å². The number of carbonyl (C=O) groups is 3. The minimum atomic E-state index is -0.702. The summed E-state index contributed by atoms with van der Waals surface area (Å²) < 4.78 is 0. The van der Waals surface area contributed by atoms with Crippen molar-refractivity contribution >= 4 is 17.7 Å². The van der Waals surface area contributed by atoms with Crippen LogP contribution in [-0.4, -0.2) is 78.9 Å². The Morgan fingerprint density at radius 3 is 2.16 bits per heavy atom. The Morgan fingerprint density at radius 1 is 0.921 bits per heavy atom. The van der Waals surface area contributed by atoms with Crippen molar-refractivity contribution in [2.24, 2.45) is 5.92 Å². The molecule has 3 rings (SSSR count). The molecule has 0 aromatic heterocycles. The molecular weight excluding hydrogens is 478 g/mol. The Morgan fingerprint density at radius 2 is 1.55 bits per heavy atom. The van der Waals surface area contributed by atoms with Gasteiger partial charge in [-0.25, -0.2) is 0 Å². The Labute approximate surface area is 227 Å². The second kappa shape index (κ2) is 14.6. The average molecular weight is 522 g/mol. The monoisotopic (exact) mass is 521 g/mol. The Bertz CT molecular complexity index is 1030. The van der Waals surface area contributed by atoms with E-state index in [9.17, 15) is 14.4 Å². The van der Waals surface area contributed by atoms with Gasteiger partial charge in [-0.3, -0.25) is 19.3 Å². The zero-order chi connectivity index (χ0) is 27.5. The fourth-order valence-corrected chi connectivity index (χ4v) is 4.68. The quantitative estimate of drug-likeness (QED) is 0.373. The van der Waals surface area contributed by atoms with E-state index < -0.39 is 18.1 Å². The summed E-state index contributed by atoms with van der Waals surface area (Å²) in [5, 5.41) is 8.89. The molecule has 3 N–H and O–H groups in total. The summed E-state index contributed by atoms with van der Waals surface area (Å²) >= 11 is 0. The van der Waals surface area contributed by atoms with Gasteiger partial charge in [0, 0.05) is 32.7 Å². The van der Waals surface area contributed by atoms with E-state index in [2.05, 4.69) is 45.1 Å². The molecule has 1 aliphatic heterocycles. The van der Waals surface area contributed by atoms with E-state index in [1.54, 1.807) is 18.9 Å². The predicted octanol–water partition coefficient (Wildman–Crippen LogP) is 2.20. The Hall–Kier alpha value is -3.23. The maximum absolute atomic E-state index is 13.8. The molecule has 0 spiro atoms. The molecule has 2 aromatic carbocycles. The van der Waals surface area contributed by atoms with Gasteiger partial charge in [-0.15, -0.1) is 0 Å². The molecular formula is C30H43N5O3. The van der Waals surface area contributed by atoms with E-state index in [-0.39, 0.29) is 23.6 Å². The molecule has 3 amide bonds. The molecule has 8 heteroatoms. The molecule has 0 radical (unpaired) electrons. The average Bonchev–Trinajstić information content (AvgIpc) is 2.93. The lowest BCUT2D eigenvalue weighted by molar-refractivity contribution is -0.147. The molecule has 38 heavy (non-hydrogen) atoms. The number of aryl methyl sites for hydroxylation is 1. The lowest BCUT2D eigenvalue weighted by Gasteiger charge is -2.42. The molecule has 0 bridgehead atoms. The number of carbonyl (C=O) groups excluding carboxylic acids is 3. The Kier molecular flexibility index (Phi) is 11.3. The van der Waals surface area contributed by atoms with Gasteiger partial charge in [-0.1, -0.05) is 74.5 Å². The van der Waals surface area contributed by atoms with Gasteiger partial charge in [0.25, 0.3) is 0 Å². The van der Waals surface area contributed by atoms with Crippen molar-refractivity contribution in [3.05, 3.63) is 71.8 Å². The summed E-state index contributed by atoms with van der Waals surface area (Å²) in [4.78, 5) is 43.7. The first-order valence-corrected chi connectivity index (χ1v) is 13.7. The smallest absolute Gasteiger partial charge is 0.246 e. The van der Waals surface area contributed by atoms with Gasteiger partial charge < -0.3 is 20.9 Å². The highest BCUT2D eigenvalue weighted by atomic mass is 16.2. The molecule has 1 saturated heterocycles. The number of hydrogen-bond donors (Lipinski definition) is 3. The third-order valence-corrected chi connectivity index (χ3v) is 7.14. The third kappa shape index (κ3) is 8.39. The minimum Gasteiger partial charge on any atom is -0.354 e. The highest BCUT2D eigenvalue weighted by Gasteiger charge is 2.39. The Balaban J connectivity index is 1.70. The molecule has 8 nitrogen and oxygen atoms in total. The standard InChI is InChI=1S/C30H43N5O3/c1-22(2)27(33-28(36)23(3)31-4)30(38)35-19-18-34(20-25-14-9-6-10-15-25)21-26(35)29(37)32-17-11-16-24-12-7-5-8-13-24/h5-10,12-15,22-23,26-27,31H,11,16-21H2,1-4H3,(H,32,37)(H,33,36)/t23-,26-,27-/m0/s1. The normalized spacial score (nSPS) is 17.6. The van der Waals surface area contributed by atoms with Crippen molar-refractivity contribution in [2.75, 3.05) is 33.2 Å². The van der Waals surface area contributed by atoms with Crippen molar-refractivity contribution in [2.45, 2.75) is 58.3 Å². The third-order valence-electron chi connectivity index (χ3n) is 7.14. The van der Waals surface area contributed by atoms with Crippen LogP contribution in [0.4, 0.5) is 0 Å². The van der Waals surface area contributed by atoms with Crippen LogP contribution in [0, 0.1) is 5.92 Å². The van der Waals surface area contributed by atoms with Crippen LogP contribution >= 0.6 is 0 Å². The molecule has 206 valence electrons. The van der Waals surface area contributed by atoms with Crippen LogP contribution in [0.25, 0.3) is 0 Å². The number of nitrogens with one attached hydrogen (secondary N) is 3. The van der Waals surface area contributed by atoms with Crippen molar-refractivity contribution in [3.8, 4) is 0 Å². The van der Waals surface area contributed by atoms with Crippen LogP contribution in [0.15, 0.2) is 60.7 Å². The van der Waals surface area contributed by atoms with E-state index in [0.29, 0.717) is 32.7 Å². The van der Waals surface area contributed by atoms with Crippen LogP contribution in [0.3, 0.4) is 0 Å². The van der Waals surface area contributed by atoms with Crippen LogP contribution in [0.2, 0.25) is 0 Å². The molecule has 1 fully saturated rings. The zero-order valence-electron chi connectivity index (χ0n) is 23.2. The van der Waals surface area contributed by atoms with Crippen molar-refractivity contribution in [1.82, 2.24) is 25.8 Å². The van der Waals surface area contributed by atoms with E-state index in [1.165, 1.54) is 11.1 Å². The van der Waals surface area contributed by atoms with E-state index in [0.717, 1.165) is 12.8 Å². The van der Waals surface area contributed by atoms with Gasteiger partial charge in [0.1, 0.15) is 12.1 Å². The molecule has 2 aromatic rings. The summed E-state index contributed by atoms with van der Waals surface area (Å²) in [7, 11) is 1.71. The number of amides is 3. The van der Waals surface area contributed by atoms with Gasteiger partial charge in [-0.2, -0.15) is 0 Å². The number of likely N-dealkylation sites (N-methyl/N-ethyl adjacent to an activating group) is 1. The molecule has 1 aliphatic rings. The number of rotatable bonds is 12. The minimum absolute atomic E-state index is 0.118. The number of piperazine rings is 1. The second-order valence-corrected chi connectivity index (χ2v) is 10.4. The fourth-order valence-electron chi connectivity index (χ4n) is 4.68. The largest absolute Gasteiger partial charge is 0.354 e. The maximum Gasteiger partial charge on any atom is 0.246 e. The summed E-state index contributed by atoms with van der Waals surface area (Å²) in [6.45, 7) is 8.36. The molecule has 3 atom stereocenters. The van der Waals surface area contributed by atoms with Gasteiger partial charge >= 0.3 is 0 Å². The fraction of sp³-hybridized carbons (Fsp3) is 0.500. The van der Waals surface area contributed by atoms with E-state index >= 15 is 0 Å². The first-order chi connectivity index (χ1) is 18.3. The lowest BCUT2D eigenvalue weighted by atomic mass is 9.99. The van der Waals surface area contributed by atoms with Gasteiger partial charge in [0.2, 0.25) is 17.7 Å². The predicted molar refractivity (Wildman–Crippen MR) is 150 cm³/mol. The molecule has 0 saturated carbocycles. The van der Waals surface area contributed by atoms with Crippen molar-refractivity contribution < 1.29 is 14.4 Å². The van der Waals surface area contributed by atoms with Gasteiger partial charge in [-0.05, 0) is 43.9 Å². The SMILES string of the molecule is CN[C@@H](C)C(=O)N[C@H](C(=O)N1CCN(Cc2ccccc2)C[C@H]1C(=O)NCCCc1ccccc1)C(C)C. The number of benzene rings is 2. The first-order valence-electron chi connectivity index (χ1n) is 13.7. The molecule has 0 aliphatic carbocycles. The zero-order valence-corrected chi connectivity index (χ0v) is 23.2.